The topological polar surface area (TPSA) is 62.7 Å². The lowest BCUT2D eigenvalue weighted by Gasteiger charge is -2.10. The number of hydrogen-bond acceptors (Lipinski definition) is 5. The number of halogens is 2. The van der Waals surface area contributed by atoms with E-state index in [-0.39, 0.29) is 0 Å². The van der Waals surface area contributed by atoms with Crippen molar-refractivity contribution in [2.75, 3.05) is 10.6 Å². The highest BCUT2D eigenvalue weighted by Crippen LogP contribution is 2.31. The maximum atomic E-state index is 6.17. The summed E-state index contributed by atoms with van der Waals surface area (Å²) in [7, 11) is 0. The van der Waals surface area contributed by atoms with Crippen molar-refractivity contribution in [2.24, 2.45) is 0 Å². The summed E-state index contributed by atoms with van der Waals surface area (Å²) in [5, 5.41) is 15.1. The fourth-order valence-electron chi connectivity index (χ4n) is 2.18. The van der Waals surface area contributed by atoms with Gasteiger partial charge >= 0.3 is 0 Å². The molecule has 24 heavy (non-hydrogen) atoms. The van der Waals surface area contributed by atoms with E-state index < -0.39 is 0 Å². The average Bonchev–Trinajstić information content (AvgIpc) is 2.58. The summed E-state index contributed by atoms with van der Waals surface area (Å²) in [6, 6.07) is 13.6. The molecule has 1 aromatic heterocycles. The molecule has 2 N–H and O–H groups in total. The van der Waals surface area contributed by atoms with Crippen molar-refractivity contribution in [3.8, 4) is 0 Å². The number of aryl methyl sites for hydroxylation is 1. The van der Waals surface area contributed by atoms with Crippen LogP contribution < -0.4 is 10.6 Å². The van der Waals surface area contributed by atoms with E-state index >= 15 is 0 Å². The van der Waals surface area contributed by atoms with Crippen molar-refractivity contribution in [1.29, 1.82) is 0 Å². The van der Waals surface area contributed by atoms with Crippen LogP contribution in [-0.4, -0.2) is 15.2 Å². The first-order valence-electron chi connectivity index (χ1n) is 7.32. The fourth-order valence-corrected chi connectivity index (χ4v) is 2.53. The van der Waals surface area contributed by atoms with Gasteiger partial charge in [-0.15, -0.1) is 5.10 Å². The van der Waals surface area contributed by atoms with E-state index in [9.17, 15) is 0 Å². The Hall–Kier alpha value is -2.37. The Morgan fingerprint density at radius 2 is 1.92 bits per heavy atom. The largest absolute Gasteiger partial charge is 0.349 e. The second kappa shape index (κ2) is 7.47. The standard InChI is InChI=1S/C17H15Cl2N5/c1-11-4-2-5-12(8-11)9-20-17-23-15(10-21-24-17)22-14-7-3-6-13(18)16(14)19/h2-8,10H,9H2,1H3,(H2,20,22,23,24). The predicted octanol–water partition coefficient (Wildman–Crippen LogP) is 4.84. The molecule has 0 fully saturated rings. The van der Waals surface area contributed by atoms with Gasteiger partial charge in [-0.1, -0.05) is 59.1 Å². The number of benzene rings is 2. The highest BCUT2D eigenvalue weighted by atomic mass is 35.5. The Bertz CT molecular complexity index is 854. The van der Waals surface area contributed by atoms with Gasteiger partial charge in [0.2, 0.25) is 5.95 Å². The van der Waals surface area contributed by atoms with Crippen LogP contribution in [0.25, 0.3) is 0 Å². The van der Waals surface area contributed by atoms with Crippen molar-refractivity contribution in [1.82, 2.24) is 15.2 Å². The molecule has 0 saturated heterocycles. The summed E-state index contributed by atoms with van der Waals surface area (Å²) in [6.07, 6.45) is 1.52. The summed E-state index contributed by atoms with van der Waals surface area (Å²) in [4.78, 5) is 4.38. The molecular weight excluding hydrogens is 345 g/mol. The van der Waals surface area contributed by atoms with Crippen LogP contribution in [-0.2, 0) is 6.54 Å². The second-order valence-corrected chi connectivity index (χ2v) is 6.02. The summed E-state index contributed by atoms with van der Waals surface area (Å²) < 4.78 is 0. The minimum Gasteiger partial charge on any atom is -0.349 e. The molecule has 0 atom stereocenters. The molecule has 2 aromatic carbocycles. The van der Waals surface area contributed by atoms with Gasteiger partial charge < -0.3 is 10.6 Å². The van der Waals surface area contributed by atoms with E-state index in [0.29, 0.717) is 34.0 Å². The fraction of sp³-hybridized carbons (Fsp3) is 0.118. The molecule has 0 spiro atoms. The Morgan fingerprint density at radius 1 is 1.08 bits per heavy atom. The van der Waals surface area contributed by atoms with Crippen LogP contribution in [0.2, 0.25) is 10.0 Å². The summed E-state index contributed by atoms with van der Waals surface area (Å²) in [6.45, 7) is 2.67. The van der Waals surface area contributed by atoms with Gasteiger partial charge in [0.05, 0.1) is 21.9 Å². The van der Waals surface area contributed by atoms with Crippen LogP contribution in [0, 0.1) is 6.92 Å². The minimum absolute atomic E-state index is 0.430. The van der Waals surface area contributed by atoms with Crippen molar-refractivity contribution in [3.63, 3.8) is 0 Å². The predicted molar refractivity (Wildman–Crippen MR) is 98.1 cm³/mol. The molecule has 3 aromatic rings. The first kappa shape index (κ1) is 16.5. The monoisotopic (exact) mass is 359 g/mol. The molecule has 0 aliphatic carbocycles. The SMILES string of the molecule is Cc1cccc(CNc2nncc(Nc3cccc(Cl)c3Cl)n2)c1. The van der Waals surface area contributed by atoms with Crippen molar-refractivity contribution < 1.29 is 0 Å². The van der Waals surface area contributed by atoms with Gasteiger partial charge in [-0.05, 0) is 24.6 Å². The zero-order chi connectivity index (χ0) is 16.9. The summed E-state index contributed by atoms with van der Waals surface area (Å²) in [5.41, 5.74) is 3.02. The van der Waals surface area contributed by atoms with E-state index in [4.69, 9.17) is 23.2 Å². The number of nitrogens with zero attached hydrogens (tertiary/aromatic N) is 3. The Labute approximate surface area is 150 Å². The van der Waals surface area contributed by atoms with E-state index in [1.165, 1.54) is 11.8 Å². The second-order valence-electron chi connectivity index (χ2n) is 5.23. The Kier molecular flexibility index (Phi) is 5.13. The van der Waals surface area contributed by atoms with Crippen LogP contribution in [0.5, 0.6) is 0 Å². The van der Waals surface area contributed by atoms with E-state index in [0.717, 1.165) is 5.56 Å². The number of nitrogens with one attached hydrogen (secondary N) is 2. The quantitative estimate of drug-likeness (QED) is 0.682. The van der Waals surface area contributed by atoms with Crippen LogP contribution in [0.4, 0.5) is 17.5 Å². The molecule has 7 heteroatoms. The molecule has 1 heterocycles. The van der Waals surface area contributed by atoms with Gasteiger partial charge in [0.15, 0.2) is 5.82 Å². The highest BCUT2D eigenvalue weighted by molar-refractivity contribution is 6.43. The molecule has 0 amide bonds. The smallest absolute Gasteiger partial charge is 0.244 e. The normalized spacial score (nSPS) is 10.5. The van der Waals surface area contributed by atoms with Crippen LogP contribution in [0.15, 0.2) is 48.7 Å². The molecular formula is C17H15Cl2N5. The van der Waals surface area contributed by atoms with Crippen molar-refractivity contribution in [2.45, 2.75) is 13.5 Å². The maximum Gasteiger partial charge on any atom is 0.244 e. The number of rotatable bonds is 5. The zero-order valence-corrected chi connectivity index (χ0v) is 14.4. The highest BCUT2D eigenvalue weighted by Gasteiger charge is 2.06. The third-order valence-electron chi connectivity index (χ3n) is 3.31. The van der Waals surface area contributed by atoms with E-state index in [1.54, 1.807) is 6.07 Å². The minimum atomic E-state index is 0.430. The Morgan fingerprint density at radius 3 is 2.75 bits per heavy atom. The third kappa shape index (κ3) is 4.13. The zero-order valence-electron chi connectivity index (χ0n) is 12.9. The van der Waals surface area contributed by atoms with Gasteiger partial charge in [0, 0.05) is 6.54 Å². The molecule has 122 valence electrons. The van der Waals surface area contributed by atoms with Crippen LogP contribution in [0.3, 0.4) is 0 Å². The third-order valence-corrected chi connectivity index (χ3v) is 4.13. The molecule has 0 aliphatic heterocycles. The molecule has 0 radical (unpaired) electrons. The van der Waals surface area contributed by atoms with Gasteiger partial charge in [0.25, 0.3) is 0 Å². The molecule has 0 unspecified atom stereocenters. The molecule has 0 aliphatic rings. The van der Waals surface area contributed by atoms with Gasteiger partial charge in [0.1, 0.15) is 0 Å². The number of hydrogen-bond donors (Lipinski definition) is 2. The first-order valence-corrected chi connectivity index (χ1v) is 8.07. The average molecular weight is 360 g/mol. The lowest BCUT2D eigenvalue weighted by molar-refractivity contribution is 0.948. The summed E-state index contributed by atoms with van der Waals surface area (Å²) in [5.74, 6) is 0.959. The number of aromatic nitrogens is 3. The lowest BCUT2D eigenvalue weighted by Crippen LogP contribution is -2.06. The van der Waals surface area contributed by atoms with Gasteiger partial charge in [-0.2, -0.15) is 10.1 Å². The van der Waals surface area contributed by atoms with Crippen LogP contribution >= 0.6 is 23.2 Å². The Balaban J connectivity index is 1.71. The molecule has 5 nitrogen and oxygen atoms in total. The van der Waals surface area contributed by atoms with Crippen LogP contribution in [0.1, 0.15) is 11.1 Å². The lowest BCUT2D eigenvalue weighted by atomic mass is 10.1. The van der Waals surface area contributed by atoms with Crippen molar-refractivity contribution >= 4 is 40.7 Å². The van der Waals surface area contributed by atoms with Crippen molar-refractivity contribution in [3.05, 3.63) is 69.8 Å². The summed E-state index contributed by atoms with van der Waals surface area (Å²) >= 11 is 12.2. The maximum absolute atomic E-state index is 6.17. The van der Waals surface area contributed by atoms with Gasteiger partial charge in [-0.3, -0.25) is 0 Å². The van der Waals surface area contributed by atoms with E-state index in [2.05, 4.69) is 44.9 Å². The molecule has 0 bridgehead atoms. The number of anilines is 3. The molecule has 3 rings (SSSR count). The van der Waals surface area contributed by atoms with E-state index in [1.807, 2.05) is 24.3 Å². The molecule has 0 saturated carbocycles. The first-order chi connectivity index (χ1) is 11.6. The van der Waals surface area contributed by atoms with Gasteiger partial charge in [-0.25, -0.2) is 0 Å².